The highest BCUT2D eigenvalue weighted by Gasteiger charge is 2.57. The summed E-state index contributed by atoms with van der Waals surface area (Å²) in [6.45, 7) is 2.01. The van der Waals surface area contributed by atoms with Crippen LogP contribution in [0.5, 0.6) is 0 Å². The number of benzene rings is 1. The Bertz CT molecular complexity index is 641. The maximum absolute atomic E-state index is 12.4. The number of Topliss-reactive ketones (excluding diaryl/α,β-unsaturated/α-hetero) is 2. The first-order valence-electron chi connectivity index (χ1n) is 6.18. The van der Waals surface area contributed by atoms with Gasteiger partial charge in [0.25, 0.3) is 0 Å². The molecule has 3 nitrogen and oxygen atoms in total. The van der Waals surface area contributed by atoms with E-state index >= 15 is 0 Å². The lowest BCUT2D eigenvalue weighted by Crippen LogP contribution is -2.30. The van der Waals surface area contributed by atoms with E-state index in [-0.39, 0.29) is 23.3 Å². The number of carbonyl (C=O) groups is 2. The Kier molecular flexibility index (Phi) is 1.69. The first-order chi connectivity index (χ1) is 8.60. The van der Waals surface area contributed by atoms with Gasteiger partial charge in [0.05, 0.1) is 11.7 Å². The zero-order valence-electron chi connectivity index (χ0n) is 10.0. The van der Waals surface area contributed by atoms with Crippen molar-refractivity contribution >= 4 is 11.6 Å². The summed E-state index contributed by atoms with van der Waals surface area (Å²) in [5.41, 5.74) is 2.24. The smallest absolute Gasteiger partial charge is 0.190 e. The van der Waals surface area contributed by atoms with Crippen LogP contribution >= 0.6 is 0 Å². The SMILES string of the molecule is C[C@]12CC3=C(C[C@H]1O2)C(=O)c1ccccc1C3=O. The van der Waals surface area contributed by atoms with Crippen LogP contribution in [-0.2, 0) is 4.74 Å². The van der Waals surface area contributed by atoms with Crippen molar-refractivity contribution in [2.45, 2.75) is 31.5 Å². The molecule has 0 N–H and O–H groups in total. The Labute approximate surface area is 104 Å². The molecule has 3 heteroatoms. The van der Waals surface area contributed by atoms with E-state index in [1.165, 1.54) is 0 Å². The Hall–Kier alpha value is -1.74. The topological polar surface area (TPSA) is 46.7 Å². The van der Waals surface area contributed by atoms with Gasteiger partial charge in [0, 0.05) is 35.1 Å². The lowest BCUT2D eigenvalue weighted by molar-refractivity contribution is 0.0964. The van der Waals surface area contributed by atoms with Gasteiger partial charge in [-0.25, -0.2) is 0 Å². The van der Waals surface area contributed by atoms with E-state index in [4.69, 9.17) is 4.74 Å². The molecule has 0 radical (unpaired) electrons. The second-order valence-electron chi connectivity index (χ2n) is 5.46. The highest BCUT2D eigenvalue weighted by molar-refractivity contribution is 6.27. The van der Waals surface area contributed by atoms with Crippen LogP contribution in [0.1, 0.15) is 40.5 Å². The van der Waals surface area contributed by atoms with E-state index in [1.807, 2.05) is 6.92 Å². The quantitative estimate of drug-likeness (QED) is 0.654. The number of fused-ring (bicyclic) bond motifs is 2. The summed E-state index contributed by atoms with van der Waals surface area (Å²) in [7, 11) is 0. The summed E-state index contributed by atoms with van der Waals surface area (Å²) >= 11 is 0. The average Bonchev–Trinajstić information content (AvgIpc) is 3.04. The van der Waals surface area contributed by atoms with Gasteiger partial charge in [-0.15, -0.1) is 0 Å². The summed E-state index contributed by atoms with van der Waals surface area (Å²) in [6, 6.07) is 7.08. The van der Waals surface area contributed by atoms with Crippen LogP contribution in [0, 0.1) is 0 Å². The minimum Gasteiger partial charge on any atom is -0.366 e. The van der Waals surface area contributed by atoms with Gasteiger partial charge in [0.15, 0.2) is 11.6 Å². The van der Waals surface area contributed by atoms with Crippen molar-refractivity contribution in [3.05, 3.63) is 46.5 Å². The Morgan fingerprint density at radius 1 is 1.11 bits per heavy atom. The molecule has 0 bridgehead atoms. The molecule has 3 aliphatic rings. The highest BCUT2D eigenvalue weighted by Crippen LogP contribution is 2.51. The summed E-state index contributed by atoms with van der Waals surface area (Å²) in [5, 5.41) is 0. The third kappa shape index (κ3) is 1.12. The monoisotopic (exact) mass is 240 g/mol. The lowest BCUT2D eigenvalue weighted by Gasteiger charge is -2.25. The molecular weight excluding hydrogens is 228 g/mol. The minimum atomic E-state index is -0.207. The molecule has 2 aliphatic carbocycles. The molecular formula is C15H12O3. The van der Waals surface area contributed by atoms with Gasteiger partial charge in [-0.3, -0.25) is 9.59 Å². The maximum Gasteiger partial charge on any atom is 0.190 e. The van der Waals surface area contributed by atoms with Crippen molar-refractivity contribution in [1.82, 2.24) is 0 Å². The Morgan fingerprint density at radius 3 is 2.39 bits per heavy atom. The molecule has 18 heavy (non-hydrogen) atoms. The molecule has 1 aliphatic heterocycles. The van der Waals surface area contributed by atoms with E-state index < -0.39 is 0 Å². The van der Waals surface area contributed by atoms with Crippen LogP contribution in [0.15, 0.2) is 35.4 Å². The van der Waals surface area contributed by atoms with Crippen LogP contribution in [0.3, 0.4) is 0 Å². The first kappa shape index (κ1) is 10.2. The van der Waals surface area contributed by atoms with Gasteiger partial charge >= 0.3 is 0 Å². The van der Waals surface area contributed by atoms with Crippen molar-refractivity contribution in [2.75, 3.05) is 0 Å². The van der Waals surface area contributed by atoms with Gasteiger partial charge < -0.3 is 4.74 Å². The van der Waals surface area contributed by atoms with Gasteiger partial charge in [-0.1, -0.05) is 24.3 Å². The van der Waals surface area contributed by atoms with E-state index in [0.717, 1.165) is 0 Å². The van der Waals surface area contributed by atoms with E-state index in [1.54, 1.807) is 24.3 Å². The molecule has 0 aromatic heterocycles. The zero-order chi connectivity index (χ0) is 12.5. The average molecular weight is 240 g/mol. The summed E-state index contributed by atoms with van der Waals surface area (Å²) < 4.78 is 5.61. The molecule has 1 aromatic carbocycles. The van der Waals surface area contributed by atoms with Crippen molar-refractivity contribution in [3.63, 3.8) is 0 Å². The molecule has 1 heterocycles. The molecule has 90 valence electrons. The number of hydrogen-bond acceptors (Lipinski definition) is 3. The number of rotatable bonds is 0. The van der Waals surface area contributed by atoms with Gasteiger partial charge in [0.1, 0.15) is 0 Å². The van der Waals surface area contributed by atoms with Gasteiger partial charge in [-0.05, 0) is 6.92 Å². The molecule has 0 spiro atoms. The molecule has 0 saturated carbocycles. The number of hydrogen-bond donors (Lipinski definition) is 0. The third-order valence-corrected chi connectivity index (χ3v) is 4.28. The molecule has 1 aromatic rings. The molecule has 1 saturated heterocycles. The van der Waals surface area contributed by atoms with Gasteiger partial charge in [0.2, 0.25) is 0 Å². The fourth-order valence-corrected chi connectivity index (χ4v) is 3.12. The molecule has 4 rings (SSSR count). The summed E-state index contributed by atoms with van der Waals surface area (Å²) in [6.07, 6.45) is 1.29. The van der Waals surface area contributed by atoms with Crippen LogP contribution in [0.4, 0.5) is 0 Å². The number of carbonyl (C=O) groups excluding carboxylic acids is 2. The van der Waals surface area contributed by atoms with Crippen LogP contribution in [-0.4, -0.2) is 23.3 Å². The van der Waals surface area contributed by atoms with Crippen molar-refractivity contribution in [1.29, 1.82) is 0 Å². The predicted molar refractivity (Wildman–Crippen MR) is 64.6 cm³/mol. The highest BCUT2D eigenvalue weighted by atomic mass is 16.6. The van der Waals surface area contributed by atoms with Crippen LogP contribution in [0.2, 0.25) is 0 Å². The molecule has 2 atom stereocenters. The minimum absolute atomic E-state index is 0.00961. The number of ether oxygens (including phenoxy) is 1. The standard InChI is InChI=1S/C15H12O3/c1-15-7-11-10(6-12(15)18-15)13(16)8-4-2-3-5-9(8)14(11)17/h2-5,12H,6-7H2,1H3/t12-,15+/m1/s1. The Morgan fingerprint density at radius 2 is 1.72 bits per heavy atom. The van der Waals surface area contributed by atoms with Crippen LogP contribution < -0.4 is 0 Å². The molecule has 0 amide bonds. The predicted octanol–water partition coefficient (Wildman–Crippen LogP) is 2.31. The third-order valence-electron chi connectivity index (χ3n) is 4.28. The van der Waals surface area contributed by atoms with Gasteiger partial charge in [-0.2, -0.15) is 0 Å². The van der Waals surface area contributed by atoms with Crippen molar-refractivity contribution in [3.8, 4) is 0 Å². The van der Waals surface area contributed by atoms with Crippen molar-refractivity contribution < 1.29 is 14.3 Å². The largest absolute Gasteiger partial charge is 0.366 e. The van der Waals surface area contributed by atoms with Crippen molar-refractivity contribution in [2.24, 2.45) is 0 Å². The first-order valence-corrected chi connectivity index (χ1v) is 6.18. The molecule has 0 unspecified atom stereocenters. The number of ketones is 2. The van der Waals surface area contributed by atoms with Crippen LogP contribution in [0.25, 0.3) is 0 Å². The van der Waals surface area contributed by atoms with E-state index in [2.05, 4.69) is 0 Å². The lowest BCUT2D eigenvalue weighted by atomic mass is 9.74. The fraction of sp³-hybridized carbons (Fsp3) is 0.333. The second-order valence-corrected chi connectivity index (χ2v) is 5.46. The summed E-state index contributed by atoms with van der Waals surface area (Å²) in [4.78, 5) is 24.8. The maximum atomic E-state index is 12.4. The number of epoxide rings is 1. The second kappa shape index (κ2) is 2.98. The Balaban J connectivity index is 1.90. The van der Waals surface area contributed by atoms with E-state index in [9.17, 15) is 9.59 Å². The summed E-state index contributed by atoms with van der Waals surface area (Å²) in [5.74, 6) is 0.0214. The fourth-order valence-electron chi connectivity index (χ4n) is 3.12. The van der Waals surface area contributed by atoms with E-state index in [0.29, 0.717) is 35.1 Å². The molecule has 1 fully saturated rings. The zero-order valence-corrected chi connectivity index (χ0v) is 10.0. The normalized spacial score (nSPS) is 32.8.